The van der Waals surface area contributed by atoms with Crippen molar-refractivity contribution in [3.05, 3.63) is 57.8 Å². The number of amides is 1. The lowest BCUT2D eigenvalue weighted by atomic mass is 10.0. The summed E-state index contributed by atoms with van der Waals surface area (Å²) in [6, 6.07) is 11.3. The van der Waals surface area contributed by atoms with Crippen molar-refractivity contribution in [1.29, 1.82) is 0 Å². The molecule has 1 N–H and O–H groups in total. The molecule has 1 unspecified atom stereocenters. The average Bonchev–Trinajstić information content (AvgIpc) is 2.99. The Kier molecular flexibility index (Phi) is 6.55. The van der Waals surface area contributed by atoms with Crippen molar-refractivity contribution in [3.63, 3.8) is 0 Å². The van der Waals surface area contributed by atoms with Crippen molar-refractivity contribution < 1.29 is 14.3 Å². The van der Waals surface area contributed by atoms with E-state index in [1.165, 1.54) is 0 Å². The Hall–Kier alpha value is -2.14. The van der Waals surface area contributed by atoms with E-state index in [1.54, 1.807) is 11.3 Å². The van der Waals surface area contributed by atoms with Crippen molar-refractivity contribution in [2.75, 3.05) is 0 Å². The molecule has 24 heavy (non-hydrogen) atoms. The summed E-state index contributed by atoms with van der Waals surface area (Å²) < 4.78 is 5.23. The van der Waals surface area contributed by atoms with Crippen LogP contribution >= 0.6 is 11.3 Å². The first kappa shape index (κ1) is 18.2. The van der Waals surface area contributed by atoms with Gasteiger partial charge in [0.1, 0.15) is 0 Å². The predicted molar refractivity (Wildman–Crippen MR) is 95.9 cm³/mol. The van der Waals surface area contributed by atoms with Gasteiger partial charge in [0.25, 0.3) is 0 Å². The fraction of sp³-hybridized carbons (Fsp3) is 0.368. The number of aryl methyl sites for hydroxylation is 1. The molecule has 0 saturated carbocycles. The topological polar surface area (TPSA) is 55.4 Å². The fourth-order valence-electron chi connectivity index (χ4n) is 2.35. The number of esters is 1. The minimum atomic E-state index is -0.385. The number of carbonyl (C=O) groups is 2. The highest BCUT2D eigenvalue weighted by Crippen LogP contribution is 2.19. The molecule has 1 heterocycles. The van der Waals surface area contributed by atoms with Gasteiger partial charge in [-0.05, 0) is 37.8 Å². The first-order valence-electron chi connectivity index (χ1n) is 8.02. The maximum atomic E-state index is 12.3. The van der Waals surface area contributed by atoms with Crippen LogP contribution in [0.3, 0.4) is 0 Å². The van der Waals surface area contributed by atoms with E-state index in [0.29, 0.717) is 6.42 Å². The Bertz CT molecular complexity index is 662. The van der Waals surface area contributed by atoms with Crippen molar-refractivity contribution in [2.24, 2.45) is 0 Å². The third kappa shape index (κ3) is 5.81. The number of hydrogen-bond acceptors (Lipinski definition) is 4. The molecule has 4 nitrogen and oxygen atoms in total. The van der Waals surface area contributed by atoms with Crippen LogP contribution in [0.2, 0.25) is 0 Å². The van der Waals surface area contributed by atoms with Gasteiger partial charge in [0.2, 0.25) is 5.91 Å². The molecule has 2 aromatic rings. The van der Waals surface area contributed by atoms with Crippen molar-refractivity contribution in [1.82, 2.24) is 5.32 Å². The van der Waals surface area contributed by atoms with Crippen LogP contribution in [0.25, 0.3) is 0 Å². The zero-order valence-corrected chi connectivity index (χ0v) is 15.1. The van der Waals surface area contributed by atoms with Gasteiger partial charge >= 0.3 is 5.97 Å². The molecule has 2 rings (SSSR count). The third-order valence-corrected chi connectivity index (χ3v) is 4.34. The van der Waals surface area contributed by atoms with E-state index in [-0.39, 0.29) is 30.4 Å². The van der Waals surface area contributed by atoms with E-state index in [2.05, 4.69) is 5.32 Å². The zero-order chi connectivity index (χ0) is 17.5. The SMILES string of the molecule is Cc1ccc(C(CC(=O)OC(C)C)NC(=O)Cc2cccs2)cc1. The lowest BCUT2D eigenvalue weighted by Gasteiger charge is -2.19. The molecule has 0 spiro atoms. The number of rotatable bonds is 7. The van der Waals surface area contributed by atoms with Gasteiger partial charge in [0.05, 0.1) is 25.0 Å². The molecule has 1 aromatic carbocycles. The molecule has 1 amide bonds. The van der Waals surface area contributed by atoms with Crippen molar-refractivity contribution >= 4 is 23.2 Å². The second-order valence-corrected chi connectivity index (χ2v) is 7.06. The van der Waals surface area contributed by atoms with E-state index < -0.39 is 0 Å². The number of ether oxygens (including phenoxy) is 1. The summed E-state index contributed by atoms with van der Waals surface area (Å²) in [7, 11) is 0. The average molecular weight is 345 g/mol. The predicted octanol–water partition coefficient (Wildman–Crippen LogP) is 3.80. The molecule has 0 aliphatic carbocycles. The van der Waals surface area contributed by atoms with Gasteiger partial charge in [-0.1, -0.05) is 35.9 Å². The van der Waals surface area contributed by atoms with E-state index in [4.69, 9.17) is 4.74 Å². The Morgan fingerprint density at radius 3 is 2.46 bits per heavy atom. The summed E-state index contributed by atoms with van der Waals surface area (Å²) in [4.78, 5) is 25.3. The second kappa shape index (κ2) is 8.64. The lowest BCUT2D eigenvalue weighted by Crippen LogP contribution is -2.32. The first-order valence-corrected chi connectivity index (χ1v) is 8.90. The van der Waals surface area contributed by atoms with Crippen LogP contribution in [0.15, 0.2) is 41.8 Å². The zero-order valence-electron chi connectivity index (χ0n) is 14.2. The van der Waals surface area contributed by atoms with Crippen LogP contribution in [0.1, 0.15) is 42.3 Å². The molecule has 0 aliphatic heterocycles. The molecule has 0 fully saturated rings. The molecular weight excluding hydrogens is 322 g/mol. The summed E-state index contributed by atoms with van der Waals surface area (Å²) in [6.07, 6.45) is 0.273. The molecule has 1 atom stereocenters. The number of hydrogen-bond donors (Lipinski definition) is 1. The number of carbonyl (C=O) groups excluding carboxylic acids is 2. The Morgan fingerprint density at radius 1 is 1.17 bits per heavy atom. The van der Waals surface area contributed by atoms with Crippen LogP contribution in [-0.4, -0.2) is 18.0 Å². The first-order chi connectivity index (χ1) is 11.4. The Labute approximate surface area is 146 Å². The molecule has 128 valence electrons. The highest BCUT2D eigenvalue weighted by molar-refractivity contribution is 7.10. The van der Waals surface area contributed by atoms with Gasteiger partial charge in [-0.2, -0.15) is 0 Å². The second-order valence-electron chi connectivity index (χ2n) is 6.03. The van der Waals surface area contributed by atoms with E-state index in [9.17, 15) is 9.59 Å². The lowest BCUT2D eigenvalue weighted by molar-refractivity contribution is -0.148. The smallest absolute Gasteiger partial charge is 0.308 e. The molecule has 1 aromatic heterocycles. The number of nitrogens with one attached hydrogen (secondary N) is 1. The Balaban J connectivity index is 2.08. The van der Waals surface area contributed by atoms with Crippen molar-refractivity contribution in [2.45, 2.75) is 45.8 Å². The highest BCUT2D eigenvalue weighted by atomic mass is 32.1. The molecule has 5 heteroatoms. The maximum Gasteiger partial charge on any atom is 0.308 e. The van der Waals surface area contributed by atoms with Crippen LogP contribution in [-0.2, 0) is 20.7 Å². The fourth-order valence-corrected chi connectivity index (χ4v) is 3.05. The molecular formula is C19H23NO3S. The minimum Gasteiger partial charge on any atom is -0.463 e. The van der Waals surface area contributed by atoms with Crippen LogP contribution in [0, 0.1) is 6.92 Å². The van der Waals surface area contributed by atoms with E-state index in [1.807, 2.05) is 62.5 Å². The summed E-state index contributed by atoms with van der Waals surface area (Å²) in [5, 5.41) is 4.91. The molecule has 0 saturated heterocycles. The molecule has 0 bridgehead atoms. The standard InChI is InChI=1S/C19H23NO3S/c1-13(2)23-19(22)12-17(15-8-6-14(3)7-9-15)20-18(21)11-16-5-4-10-24-16/h4-10,13,17H,11-12H2,1-3H3,(H,20,21). The van der Waals surface area contributed by atoms with Crippen LogP contribution in [0.4, 0.5) is 0 Å². The van der Waals surface area contributed by atoms with Crippen LogP contribution in [0.5, 0.6) is 0 Å². The van der Waals surface area contributed by atoms with Crippen molar-refractivity contribution in [3.8, 4) is 0 Å². The molecule has 0 aliphatic rings. The van der Waals surface area contributed by atoms with Gasteiger partial charge < -0.3 is 10.1 Å². The van der Waals surface area contributed by atoms with Gasteiger partial charge in [0.15, 0.2) is 0 Å². The van der Waals surface area contributed by atoms with E-state index >= 15 is 0 Å². The summed E-state index contributed by atoms with van der Waals surface area (Å²) >= 11 is 1.55. The summed E-state index contributed by atoms with van der Waals surface area (Å²) in [5.74, 6) is -0.410. The summed E-state index contributed by atoms with van der Waals surface area (Å²) in [5.41, 5.74) is 2.04. The monoisotopic (exact) mass is 345 g/mol. The van der Waals surface area contributed by atoms with E-state index in [0.717, 1.165) is 16.0 Å². The quantitative estimate of drug-likeness (QED) is 0.777. The number of thiophene rings is 1. The minimum absolute atomic E-state index is 0.0969. The van der Waals surface area contributed by atoms with Gasteiger partial charge in [-0.3, -0.25) is 9.59 Å². The normalized spacial score (nSPS) is 12.0. The Morgan fingerprint density at radius 2 is 1.88 bits per heavy atom. The number of benzene rings is 1. The summed E-state index contributed by atoms with van der Waals surface area (Å²) in [6.45, 7) is 5.63. The van der Waals surface area contributed by atoms with Gasteiger partial charge in [-0.15, -0.1) is 11.3 Å². The maximum absolute atomic E-state index is 12.3. The van der Waals surface area contributed by atoms with Crippen LogP contribution < -0.4 is 5.32 Å². The highest BCUT2D eigenvalue weighted by Gasteiger charge is 2.20. The largest absolute Gasteiger partial charge is 0.463 e. The third-order valence-electron chi connectivity index (χ3n) is 3.47. The van der Waals surface area contributed by atoms with Gasteiger partial charge in [0, 0.05) is 4.88 Å². The molecule has 0 radical (unpaired) electrons. The van der Waals surface area contributed by atoms with Gasteiger partial charge in [-0.25, -0.2) is 0 Å².